The molecule has 0 N–H and O–H groups in total. The lowest BCUT2D eigenvalue weighted by Crippen LogP contribution is -2.07. The van der Waals surface area contributed by atoms with Gasteiger partial charge in [0.1, 0.15) is 0 Å². The quantitative estimate of drug-likeness (QED) is 0.532. The third kappa shape index (κ3) is 3.28. The molecule has 2 aromatic carbocycles. The number of ketones is 1. The van der Waals surface area contributed by atoms with Crippen LogP contribution in [0, 0.1) is 18.8 Å². The summed E-state index contributed by atoms with van der Waals surface area (Å²) in [5, 5.41) is 0. The van der Waals surface area contributed by atoms with Crippen molar-refractivity contribution in [3.8, 4) is 11.8 Å². The molecule has 0 saturated carbocycles. The highest BCUT2D eigenvalue weighted by molar-refractivity contribution is 6.08. The summed E-state index contributed by atoms with van der Waals surface area (Å²) in [6, 6.07) is 17.3. The lowest BCUT2D eigenvalue weighted by atomic mass is 9.92. The van der Waals surface area contributed by atoms with Gasteiger partial charge in [0.05, 0.1) is 5.69 Å². The lowest BCUT2D eigenvalue weighted by Gasteiger charge is -2.10. The zero-order valence-electron chi connectivity index (χ0n) is 13.6. The van der Waals surface area contributed by atoms with Gasteiger partial charge in [-0.25, -0.2) is 4.98 Å². The van der Waals surface area contributed by atoms with Crippen LogP contribution in [-0.2, 0) is 0 Å². The number of rotatable bonds is 3. The molecule has 0 aliphatic rings. The minimum absolute atomic E-state index is 0.0754. The molecular weight excluding hydrogens is 298 g/mol. The van der Waals surface area contributed by atoms with Gasteiger partial charge < -0.3 is 4.42 Å². The van der Waals surface area contributed by atoms with Crippen molar-refractivity contribution in [2.75, 3.05) is 0 Å². The van der Waals surface area contributed by atoms with Crippen LogP contribution in [0.2, 0.25) is 0 Å². The Balaban J connectivity index is 1.94. The first-order valence-corrected chi connectivity index (χ1v) is 7.77. The van der Waals surface area contributed by atoms with E-state index in [1.54, 1.807) is 13.0 Å². The van der Waals surface area contributed by atoms with Gasteiger partial charge in [0.2, 0.25) is 5.78 Å². The van der Waals surface area contributed by atoms with E-state index in [4.69, 9.17) is 4.42 Å². The van der Waals surface area contributed by atoms with E-state index in [2.05, 4.69) is 16.8 Å². The maximum absolute atomic E-state index is 12.7. The normalized spacial score (nSPS) is 11.4. The van der Waals surface area contributed by atoms with Crippen molar-refractivity contribution in [1.82, 2.24) is 4.98 Å². The molecule has 0 amide bonds. The molecule has 0 saturated heterocycles. The van der Waals surface area contributed by atoms with Gasteiger partial charge in [-0.1, -0.05) is 54.3 Å². The Bertz CT molecular complexity index is 914. The van der Waals surface area contributed by atoms with Crippen molar-refractivity contribution in [1.29, 1.82) is 0 Å². The third-order valence-electron chi connectivity index (χ3n) is 3.83. The number of carbonyl (C=O) groups is 1. The van der Waals surface area contributed by atoms with E-state index in [1.807, 2.05) is 55.5 Å². The Kier molecular flexibility index (Phi) is 4.58. The van der Waals surface area contributed by atoms with Crippen LogP contribution in [0.15, 0.2) is 65.4 Å². The van der Waals surface area contributed by atoms with E-state index in [0.717, 1.165) is 11.1 Å². The third-order valence-corrected chi connectivity index (χ3v) is 3.83. The number of benzene rings is 2. The number of oxazole rings is 1. The number of aryl methyl sites for hydroxylation is 1. The van der Waals surface area contributed by atoms with Crippen molar-refractivity contribution in [2.45, 2.75) is 19.8 Å². The Morgan fingerprint density at radius 1 is 1.08 bits per heavy atom. The van der Waals surface area contributed by atoms with Gasteiger partial charge in [0.25, 0.3) is 0 Å². The summed E-state index contributed by atoms with van der Waals surface area (Å²) in [6.07, 6.45) is 1.30. The molecule has 24 heavy (non-hydrogen) atoms. The molecule has 0 bridgehead atoms. The van der Waals surface area contributed by atoms with Crippen LogP contribution >= 0.6 is 0 Å². The number of nitrogens with zero attached hydrogens (tertiary/aromatic N) is 1. The summed E-state index contributed by atoms with van der Waals surface area (Å²) >= 11 is 0. The first-order valence-electron chi connectivity index (χ1n) is 7.77. The smallest absolute Gasteiger partial charge is 0.230 e. The van der Waals surface area contributed by atoms with Crippen LogP contribution in [0.25, 0.3) is 0 Å². The van der Waals surface area contributed by atoms with E-state index in [9.17, 15) is 4.79 Å². The molecule has 118 valence electrons. The summed E-state index contributed by atoms with van der Waals surface area (Å²) in [5.74, 6) is 6.43. The van der Waals surface area contributed by atoms with E-state index in [0.29, 0.717) is 11.3 Å². The van der Waals surface area contributed by atoms with Gasteiger partial charge >= 0.3 is 0 Å². The standard InChI is InChI=1S/C21H17NO2/c1-15(12-13-17-8-4-3-5-9-17)18-10-6-7-11-19(18)20(23)21-16(2)22-14-24-21/h3-11,14-15H,1-2H3. The minimum atomic E-state index is -0.158. The van der Waals surface area contributed by atoms with Crippen LogP contribution in [-0.4, -0.2) is 10.8 Å². The second-order valence-electron chi connectivity index (χ2n) is 5.54. The van der Waals surface area contributed by atoms with Crippen molar-refractivity contribution in [3.05, 3.63) is 89.1 Å². The number of hydrogen-bond donors (Lipinski definition) is 0. The predicted octanol–water partition coefficient (Wildman–Crippen LogP) is 4.37. The van der Waals surface area contributed by atoms with Crippen LogP contribution in [0.3, 0.4) is 0 Å². The molecule has 1 heterocycles. The second-order valence-corrected chi connectivity index (χ2v) is 5.54. The lowest BCUT2D eigenvalue weighted by molar-refractivity contribution is 0.101. The van der Waals surface area contributed by atoms with Crippen molar-refractivity contribution >= 4 is 5.78 Å². The maximum atomic E-state index is 12.7. The van der Waals surface area contributed by atoms with Gasteiger partial charge in [-0.15, -0.1) is 0 Å². The Hall–Kier alpha value is -3.12. The van der Waals surface area contributed by atoms with E-state index in [1.165, 1.54) is 6.39 Å². The zero-order valence-corrected chi connectivity index (χ0v) is 13.6. The number of aromatic nitrogens is 1. The molecule has 0 fully saturated rings. The largest absolute Gasteiger partial charge is 0.440 e. The van der Waals surface area contributed by atoms with E-state index < -0.39 is 0 Å². The first kappa shape index (κ1) is 15.8. The monoisotopic (exact) mass is 315 g/mol. The fourth-order valence-corrected chi connectivity index (χ4v) is 2.51. The zero-order chi connectivity index (χ0) is 16.9. The summed E-state index contributed by atoms with van der Waals surface area (Å²) in [7, 11) is 0. The van der Waals surface area contributed by atoms with Crippen molar-refractivity contribution < 1.29 is 9.21 Å². The molecule has 0 aliphatic heterocycles. The fourth-order valence-electron chi connectivity index (χ4n) is 2.51. The topological polar surface area (TPSA) is 43.1 Å². The fraction of sp³-hybridized carbons (Fsp3) is 0.143. The SMILES string of the molecule is Cc1ncoc1C(=O)c1ccccc1C(C)C#Cc1ccccc1. The molecule has 1 unspecified atom stereocenters. The summed E-state index contributed by atoms with van der Waals surface area (Å²) < 4.78 is 5.25. The van der Waals surface area contributed by atoms with Crippen molar-refractivity contribution in [3.63, 3.8) is 0 Å². The van der Waals surface area contributed by atoms with E-state index in [-0.39, 0.29) is 17.5 Å². The molecule has 0 spiro atoms. The number of carbonyl (C=O) groups excluding carboxylic acids is 1. The average molecular weight is 315 g/mol. The van der Waals surface area contributed by atoms with Crippen LogP contribution in [0.4, 0.5) is 0 Å². The minimum Gasteiger partial charge on any atom is -0.440 e. The highest BCUT2D eigenvalue weighted by Gasteiger charge is 2.20. The number of hydrogen-bond acceptors (Lipinski definition) is 3. The van der Waals surface area contributed by atoms with Crippen molar-refractivity contribution in [2.24, 2.45) is 0 Å². The highest BCUT2D eigenvalue weighted by atomic mass is 16.3. The average Bonchev–Trinajstić information content (AvgIpc) is 3.06. The van der Waals surface area contributed by atoms with Crippen LogP contribution in [0.5, 0.6) is 0 Å². The molecular formula is C21H17NO2. The second kappa shape index (κ2) is 6.97. The van der Waals surface area contributed by atoms with E-state index >= 15 is 0 Å². The molecule has 1 aromatic heterocycles. The van der Waals surface area contributed by atoms with Gasteiger partial charge in [-0.3, -0.25) is 4.79 Å². The predicted molar refractivity (Wildman–Crippen MR) is 92.8 cm³/mol. The van der Waals surface area contributed by atoms with Gasteiger partial charge in [0, 0.05) is 17.0 Å². The van der Waals surface area contributed by atoms with Gasteiger partial charge in [0.15, 0.2) is 12.2 Å². The maximum Gasteiger partial charge on any atom is 0.230 e. The molecule has 3 heteroatoms. The Morgan fingerprint density at radius 2 is 1.79 bits per heavy atom. The molecule has 3 aromatic rings. The Labute approximate surface area is 141 Å². The summed E-state index contributed by atoms with van der Waals surface area (Å²) in [4.78, 5) is 16.7. The first-order chi connectivity index (χ1) is 11.7. The molecule has 1 atom stereocenters. The van der Waals surface area contributed by atoms with Gasteiger partial charge in [-0.05, 0) is 31.5 Å². The summed E-state index contributed by atoms with van der Waals surface area (Å²) in [5.41, 5.74) is 3.05. The molecule has 3 rings (SSSR count). The Morgan fingerprint density at radius 3 is 2.50 bits per heavy atom. The molecule has 3 nitrogen and oxygen atoms in total. The summed E-state index contributed by atoms with van der Waals surface area (Å²) in [6.45, 7) is 3.76. The molecule has 0 radical (unpaired) electrons. The highest BCUT2D eigenvalue weighted by Crippen LogP contribution is 2.23. The van der Waals surface area contributed by atoms with Crippen LogP contribution < -0.4 is 0 Å². The van der Waals surface area contributed by atoms with Gasteiger partial charge in [-0.2, -0.15) is 0 Å². The van der Waals surface area contributed by atoms with Crippen LogP contribution in [0.1, 0.15) is 45.8 Å². The molecule has 0 aliphatic carbocycles.